The molecule has 5 heteroatoms. The zero-order valence-corrected chi connectivity index (χ0v) is 14.9. The summed E-state index contributed by atoms with van der Waals surface area (Å²) in [4.78, 5) is 30.9. The van der Waals surface area contributed by atoms with E-state index in [1.807, 2.05) is 54.6 Å². The molecule has 2 aromatic carbocycles. The fourth-order valence-electron chi connectivity index (χ4n) is 3.18. The van der Waals surface area contributed by atoms with E-state index in [4.69, 9.17) is 0 Å². The summed E-state index contributed by atoms with van der Waals surface area (Å²) in [6.07, 6.45) is 0.783. The van der Waals surface area contributed by atoms with Gasteiger partial charge < -0.3 is 0 Å². The average molecular weight is 395 g/mol. The second-order valence-corrected chi connectivity index (χ2v) is 7.08. The molecule has 0 bridgehead atoms. The first-order valence-electron chi connectivity index (χ1n) is 8.09. The van der Waals surface area contributed by atoms with E-state index in [-0.39, 0.29) is 24.2 Å². The number of anilines is 1. The number of benzene rings is 2. The van der Waals surface area contributed by atoms with E-state index in [1.165, 1.54) is 4.90 Å². The molecule has 1 saturated heterocycles. The zero-order valence-electron chi connectivity index (χ0n) is 13.4. The van der Waals surface area contributed by atoms with Crippen LogP contribution >= 0.6 is 15.9 Å². The van der Waals surface area contributed by atoms with Crippen LogP contribution in [0, 0.1) is 5.92 Å². The van der Waals surface area contributed by atoms with Gasteiger partial charge in [-0.2, -0.15) is 0 Å². The van der Waals surface area contributed by atoms with Crippen molar-refractivity contribution in [2.45, 2.75) is 12.8 Å². The first-order chi connectivity index (χ1) is 12.1. The summed E-state index contributed by atoms with van der Waals surface area (Å²) >= 11 is 3.40. The van der Waals surface area contributed by atoms with Gasteiger partial charge in [0.2, 0.25) is 11.8 Å². The quantitative estimate of drug-likeness (QED) is 0.627. The third-order valence-corrected chi connectivity index (χ3v) is 4.98. The fraction of sp³-hybridized carbons (Fsp3) is 0.150. The Balaban J connectivity index is 1.60. The van der Waals surface area contributed by atoms with Crippen molar-refractivity contribution in [3.63, 3.8) is 0 Å². The predicted octanol–water partition coefficient (Wildman–Crippen LogP) is 4.12. The Kier molecular flexibility index (Phi) is 4.09. The van der Waals surface area contributed by atoms with E-state index in [0.717, 1.165) is 20.9 Å². The summed E-state index contributed by atoms with van der Waals surface area (Å²) in [6.45, 7) is 0. The first kappa shape index (κ1) is 16.0. The highest BCUT2D eigenvalue weighted by Crippen LogP contribution is 2.29. The molecule has 0 saturated carbocycles. The van der Waals surface area contributed by atoms with Gasteiger partial charge in [-0.05, 0) is 42.3 Å². The van der Waals surface area contributed by atoms with Gasteiger partial charge >= 0.3 is 0 Å². The van der Waals surface area contributed by atoms with Crippen LogP contribution in [0.5, 0.6) is 0 Å². The van der Waals surface area contributed by atoms with Gasteiger partial charge in [0.25, 0.3) is 0 Å². The van der Waals surface area contributed by atoms with Gasteiger partial charge in [0.1, 0.15) is 5.82 Å². The van der Waals surface area contributed by atoms with Crippen LogP contribution < -0.4 is 4.90 Å². The van der Waals surface area contributed by atoms with Crippen molar-refractivity contribution in [2.24, 2.45) is 5.92 Å². The third kappa shape index (κ3) is 3.07. The van der Waals surface area contributed by atoms with Crippen molar-refractivity contribution < 1.29 is 9.59 Å². The maximum atomic E-state index is 12.8. The SMILES string of the molecule is O=C1C[C@@H](Cc2ccc(Br)cc2)C(=O)N1c1ccc2ccccc2n1. The molecule has 2 heterocycles. The van der Waals surface area contributed by atoms with Crippen molar-refractivity contribution >= 4 is 44.5 Å². The van der Waals surface area contributed by atoms with E-state index in [0.29, 0.717) is 12.2 Å². The number of hydrogen-bond acceptors (Lipinski definition) is 3. The molecule has 4 rings (SSSR count). The van der Waals surface area contributed by atoms with Crippen molar-refractivity contribution in [3.8, 4) is 0 Å². The molecule has 4 nitrogen and oxygen atoms in total. The molecule has 1 aromatic heterocycles. The van der Waals surface area contributed by atoms with Gasteiger partial charge in [0.15, 0.2) is 0 Å². The highest BCUT2D eigenvalue weighted by Gasteiger charge is 2.40. The minimum atomic E-state index is -0.332. The molecule has 25 heavy (non-hydrogen) atoms. The second kappa shape index (κ2) is 6.41. The maximum absolute atomic E-state index is 12.8. The van der Waals surface area contributed by atoms with E-state index < -0.39 is 0 Å². The minimum absolute atomic E-state index is 0.171. The van der Waals surface area contributed by atoms with Gasteiger partial charge in [-0.15, -0.1) is 0 Å². The van der Waals surface area contributed by atoms with E-state index in [1.54, 1.807) is 6.07 Å². The Morgan fingerprint density at radius 1 is 1.00 bits per heavy atom. The number of aromatic nitrogens is 1. The smallest absolute Gasteiger partial charge is 0.238 e. The summed E-state index contributed by atoms with van der Waals surface area (Å²) in [5, 5.41) is 0.983. The molecule has 0 N–H and O–H groups in total. The summed E-state index contributed by atoms with van der Waals surface area (Å²) in [6, 6.07) is 19.1. The molecule has 0 unspecified atom stereocenters. The lowest BCUT2D eigenvalue weighted by atomic mass is 9.98. The number of carbonyl (C=O) groups excluding carboxylic acids is 2. The van der Waals surface area contributed by atoms with Gasteiger partial charge in [-0.1, -0.05) is 46.3 Å². The standard InChI is InChI=1S/C20H15BrN2O2/c21-16-8-5-13(6-9-16)11-15-12-19(24)23(20(15)25)18-10-7-14-3-1-2-4-17(14)22-18/h1-10,15H,11-12H2/t15-/m1/s1. The Morgan fingerprint density at radius 2 is 1.76 bits per heavy atom. The molecular weight excluding hydrogens is 380 g/mol. The number of para-hydroxylation sites is 1. The largest absolute Gasteiger partial charge is 0.274 e. The molecular formula is C20H15BrN2O2. The van der Waals surface area contributed by atoms with E-state index in [9.17, 15) is 9.59 Å². The highest BCUT2D eigenvalue weighted by atomic mass is 79.9. The van der Waals surface area contributed by atoms with Gasteiger partial charge in [0.05, 0.1) is 11.4 Å². The number of fused-ring (bicyclic) bond motifs is 1. The molecule has 2 amide bonds. The van der Waals surface area contributed by atoms with Crippen molar-refractivity contribution in [1.82, 2.24) is 4.98 Å². The minimum Gasteiger partial charge on any atom is -0.274 e. The number of pyridine rings is 1. The lowest BCUT2D eigenvalue weighted by Crippen LogP contribution is -2.31. The number of carbonyl (C=O) groups is 2. The van der Waals surface area contributed by atoms with Crippen LogP contribution in [-0.4, -0.2) is 16.8 Å². The van der Waals surface area contributed by atoms with Crippen LogP contribution in [0.4, 0.5) is 5.82 Å². The lowest BCUT2D eigenvalue weighted by molar-refractivity contribution is -0.122. The number of halogens is 1. The summed E-state index contributed by atoms with van der Waals surface area (Å²) in [5.74, 6) is -0.278. The number of rotatable bonds is 3. The lowest BCUT2D eigenvalue weighted by Gasteiger charge is -2.14. The molecule has 3 aromatic rings. The van der Waals surface area contributed by atoms with Crippen LogP contribution in [0.2, 0.25) is 0 Å². The van der Waals surface area contributed by atoms with Crippen LogP contribution in [0.15, 0.2) is 65.1 Å². The molecule has 124 valence electrons. The molecule has 0 aliphatic carbocycles. The molecule has 1 atom stereocenters. The van der Waals surface area contributed by atoms with Gasteiger partial charge in [0, 0.05) is 16.3 Å². The van der Waals surface area contributed by atoms with Crippen molar-refractivity contribution in [1.29, 1.82) is 0 Å². The van der Waals surface area contributed by atoms with Gasteiger partial charge in [-0.25, -0.2) is 9.88 Å². The molecule has 0 spiro atoms. The molecule has 0 radical (unpaired) electrons. The third-order valence-electron chi connectivity index (χ3n) is 4.45. The number of nitrogens with zero attached hydrogens (tertiary/aromatic N) is 2. The fourth-order valence-corrected chi connectivity index (χ4v) is 3.44. The normalized spacial score (nSPS) is 17.5. The molecule has 1 fully saturated rings. The monoisotopic (exact) mass is 394 g/mol. The second-order valence-electron chi connectivity index (χ2n) is 6.16. The Hall–Kier alpha value is -2.53. The van der Waals surface area contributed by atoms with Crippen molar-refractivity contribution in [2.75, 3.05) is 4.90 Å². The topological polar surface area (TPSA) is 50.3 Å². The Morgan fingerprint density at radius 3 is 2.56 bits per heavy atom. The van der Waals surface area contributed by atoms with Crippen LogP contribution in [0.1, 0.15) is 12.0 Å². The van der Waals surface area contributed by atoms with E-state index >= 15 is 0 Å². The number of imide groups is 1. The number of hydrogen-bond donors (Lipinski definition) is 0. The van der Waals surface area contributed by atoms with Crippen molar-refractivity contribution in [3.05, 3.63) is 70.7 Å². The Labute approximate surface area is 153 Å². The summed E-state index contributed by atoms with van der Waals surface area (Å²) < 4.78 is 0.993. The molecule has 1 aliphatic rings. The summed E-state index contributed by atoms with van der Waals surface area (Å²) in [7, 11) is 0. The van der Waals surface area contributed by atoms with Crippen LogP contribution in [0.25, 0.3) is 10.9 Å². The average Bonchev–Trinajstić information content (AvgIpc) is 2.90. The first-order valence-corrected chi connectivity index (χ1v) is 8.88. The predicted molar refractivity (Wildman–Crippen MR) is 100 cm³/mol. The maximum Gasteiger partial charge on any atom is 0.238 e. The van der Waals surface area contributed by atoms with Crippen LogP contribution in [0.3, 0.4) is 0 Å². The zero-order chi connectivity index (χ0) is 17.4. The van der Waals surface area contributed by atoms with Crippen LogP contribution in [-0.2, 0) is 16.0 Å². The Bertz CT molecular complexity index is 969. The van der Waals surface area contributed by atoms with E-state index in [2.05, 4.69) is 20.9 Å². The number of amides is 2. The summed E-state index contributed by atoms with van der Waals surface area (Å²) in [5.41, 5.74) is 1.82. The van der Waals surface area contributed by atoms with Gasteiger partial charge in [-0.3, -0.25) is 9.59 Å². The molecule has 1 aliphatic heterocycles. The highest BCUT2D eigenvalue weighted by molar-refractivity contribution is 9.10.